The van der Waals surface area contributed by atoms with Gasteiger partial charge in [0.1, 0.15) is 11.6 Å². The fraction of sp³-hybridized carbons (Fsp3) is 0.391. The fourth-order valence-electron chi connectivity index (χ4n) is 3.72. The average molecular weight is 398 g/mol. The molecule has 0 saturated carbocycles. The Labute approximate surface area is 170 Å². The van der Waals surface area contributed by atoms with Crippen molar-refractivity contribution in [2.24, 2.45) is 5.92 Å². The van der Waals surface area contributed by atoms with E-state index in [-0.39, 0.29) is 29.5 Å². The van der Waals surface area contributed by atoms with E-state index in [1.54, 1.807) is 48.4 Å². The van der Waals surface area contributed by atoms with E-state index in [4.69, 9.17) is 4.74 Å². The van der Waals surface area contributed by atoms with Crippen molar-refractivity contribution in [3.8, 4) is 5.75 Å². The highest BCUT2D eigenvalue weighted by Crippen LogP contribution is 2.34. The molecule has 1 fully saturated rings. The molecule has 6 heteroatoms. The van der Waals surface area contributed by atoms with Gasteiger partial charge in [-0.1, -0.05) is 25.5 Å². The number of unbranched alkanes of at least 4 members (excludes halogenated alkanes) is 1. The second-order valence-electron chi connectivity index (χ2n) is 7.35. The number of benzene rings is 2. The maximum absolute atomic E-state index is 13.4. The lowest BCUT2D eigenvalue weighted by molar-refractivity contribution is -0.124. The van der Waals surface area contributed by atoms with Crippen LogP contribution in [0, 0.1) is 11.7 Å². The summed E-state index contributed by atoms with van der Waals surface area (Å²) in [5.41, 5.74) is 1.42. The van der Waals surface area contributed by atoms with Gasteiger partial charge in [0.25, 0.3) is 5.91 Å². The number of ether oxygens (including phenoxy) is 1. The summed E-state index contributed by atoms with van der Waals surface area (Å²) in [5.74, 6) is -0.345. The molecule has 0 spiro atoms. The quantitative estimate of drug-likeness (QED) is 0.725. The van der Waals surface area contributed by atoms with Crippen LogP contribution in [-0.4, -0.2) is 43.5 Å². The van der Waals surface area contributed by atoms with Gasteiger partial charge in [-0.3, -0.25) is 9.59 Å². The van der Waals surface area contributed by atoms with Crippen molar-refractivity contribution < 1.29 is 18.7 Å². The molecule has 0 aliphatic carbocycles. The molecule has 1 N–H and O–H groups in total. The van der Waals surface area contributed by atoms with Crippen molar-refractivity contribution >= 4 is 11.8 Å². The predicted octanol–water partition coefficient (Wildman–Crippen LogP) is 3.61. The number of halogens is 1. The van der Waals surface area contributed by atoms with Gasteiger partial charge in [0.15, 0.2) is 0 Å². The lowest BCUT2D eigenvalue weighted by Crippen LogP contribution is -2.36. The molecule has 0 aromatic heterocycles. The average Bonchev–Trinajstić information content (AvgIpc) is 3.19. The molecule has 2 aromatic rings. The number of carbonyl (C=O) groups is 2. The highest BCUT2D eigenvalue weighted by atomic mass is 19.1. The summed E-state index contributed by atoms with van der Waals surface area (Å²) in [6, 6.07) is 13.1. The molecule has 1 heterocycles. The van der Waals surface area contributed by atoms with Crippen molar-refractivity contribution in [1.29, 1.82) is 0 Å². The summed E-state index contributed by atoms with van der Waals surface area (Å²) in [4.78, 5) is 27.5. The van der Waals surface area contributed by atoms with Crippen LogP contribution in [0.4, 0.5) is 4.39 Å². The first-order chi connectivity index (χ1) is 14.0. The number of nitrogens with zero attached hydrogens (tertiary/aromatic N) is 1. The molecule has 2 aromatic carbocycles. The highest BCUT2D eigenvalue weighted by molar-refractivity contribution is 5.95. The molecule has 0 bridgehead atoms. The lowest BCUT2D eigenvalue weighted by Gasteiger charge is -2.18. The monoisotopic (exact) mass is 398 g/mol. The summed E-state index contributed by atoms with van der Waals surface area (Å²) in [5, 5.41) is 2.98. The van der Waals surface area contributed by atoms with Crippen molar-refractivity contribution in [3.05, 3.63) is 65.5 Å². The highest BCUT2D eigenvalue weighted by Gasteiger charge is 2.40. The summed E-state index contributed by atoms with van der Waals surface area (Å²) in [6.07, 6.45) is 1.91. The zero-order valence-electron chi connectivity index (χ0n) is 16.9. The van der Waals surface area contributed by atoms with E-state index in [0.717, 1.165) is 18.4 Å². The molecule has 0 unspecified atom stereocenters. The van der Waals surface area contributed by atoms with Crippen LogP contribution in [0.15, 0.2) is 48.5 Å². The summed E-state index contributed by atoms with van der Waals surface area (Å²) >= 11 is 0. The maximum Gasteiger partial charge on any atom is 0.253 e. The van der Waals surface area contributed by atoms with Crippen molar-refractivity contribution in [2.75, 3.05) is 26.7 Å². The van der Waals surface area contributed by atoms with Gasteiger partial charge in [-0.05, 0) is 48.4 Å². The normalized spacial score (nSPS) is 18.5. The molecule has 2 amide bonds. The number of methoxy groups -OCH3 is 1. The number of likely N-dealkylation sites (tertiary alicyclic amines) is 1. The Morgan fingerprint density at radius 3 is 2.41 bits per heavy atom. The number of nitrogens with one attached hydrogen (secondary N) is 1. The zero-order chi connectivity index (χ0) is 20.8. The minimum absolute atomic E-state index is 0.0576. The third-order valence-corrected chi connectivity index (χ3v) is 5.41. The second kappa shape index (κ2) is 9.54. The topological polar surface area (TPSA) is 58.6 Å². The van der Waals surface area contributed by atoms with Crippen LogP contribution < -0.4 is 10.1 Å². The zero-order valence-corrected chi connectivity index (χ0v) is 16.9. The lowest BCUT2D eigenvalue weighted by atomic mass is 9.88. The van der Waals surface area contributed by atoms with Crippen LogP contribution in [0.2, 0.25) is 0 Å². The summed E-state index contributed by atoms with van der Waals surface area (Å²) < 4.78 is 18.5. The molecule has 0 radical (unpaired) electrons. The molecule has 1 saturated heterocycles. The third kappa shape index (κ3) is 4.94. The van der Waals surface area contributed by atoms with Gasteiger partial charge in [0.2, 0.25) is 5.91 Å². The van der Waals surface area contributed by atoms with Gasteiger partial charge in [0, 0.05) is 31.1 Å². The molecular formula is C23H27FN2O3. The van der Waals surface area contributed by atoms with E-state index in [1.165, 1.54) is 12.1 Å². The maximum atomic E-state index is 13.4. The van der Waals surface area contributed by atoms with E-state index in [9.17, 15) is 14.0 Å². The first kappa shape index (κ1) is 20.8. The minimum Gasteiger partial charge on any atom is -0.497 e. The summed E-state index contributed by atoms with van der Waals surface area (Å²) in [7, 11) is 1.58. The van der Waals surface area contributed by atoms with E-state index in [1.807, 2.05) is 0 Å². The van der Waals surface area contributed by atoms with Gasteiger partial charge in [-0.2, -0.15) is 0 Å². The van der Waals surface area contributed by atoms with E-state index >= 15 is 0 Å². The Bertz CT molecular complexity index is 836. The molecular weight excluding hydrogens is 371 g/mol. The van der Waals surface area contributed by atoms with E-state index in [2.05, 4.69) is 12.2 Å². The van der Waals surface area contributed by atoms with E-state index < -0.39 is 0 Å². The summed E-state index contributed by atoms with van der Waals surface area (Å²) in [6.45, 7) is 3.44. The molecule has 1 aliphatic rings. The van der Waals surface area contributed by atoms with Crippen LogP contribution >= 0.6 is 0 Å². The minimum atomic E-state index is -0.362. The van der Waals surface area contributed by atoms with Gasteiger partial charge in [-0.25, -0.2) is 4.39 Å². The van der Waals surface area contributed by atoms with Gasteiger partial charge in [-0.15, -0.1) is 0 Å². The van der Waals surface area contributed by atoms with Gasteiger partial charge < -0.3 is 15.0 Å². The number of rotatable bonds is 7. The Kier molecular flexibility index (Phi) is 6.86. The number of carbonyl (C=O) groups excluding carboxylic acids is 2. The Balaban J connectivity index is 1.80. The molecule has 29 heavy (non-hydrogen) atoms. The van der Waals surface area contributed by atoms with Crippen molar-refractivity contribution in [1.82, 2.24) is 10.2 Å². The smallest absolute Gasteiger partial charge is 0.253 e. The molecule has 2 atom stereocenters. The van der Waals surface area contributed by atoms with Crippen molar-refractivity contribution in [2.45, 2.75) is 25.7 Å². The van der Waals surface area contributed by atoms with Gasteiger partial charge >= 0.3 is 0 Å². The van der Waals surface area contributed by atoms with Crippen LogP contribution in [0.3, 0.4) is 0 Å². The van der Waals surface area contributed by atoms with Crippen molar-refractivity contribution in [3.63, 3.8) is 0 Å². The number of amides is 2. The Morgan fingerprint density at radius 1 is 1.10 bits per heavy atom. The van der Waals surface area contributed by atoms with Crippen LogP contribution in [0.1, 0.15) is 41.6 Å². The molecule has 5 nitrogen and oxygen atoms in total. The first-order valence-corrected chi connectivity index (χ1v) is 10.00. The van der Waals surface area contributed by atoms with Crippen LogP contribution in [-0.2, 0) is 4.79 Å². The SMILES string of the molecule is CCCCNC(=O)[C@@H]1CN(C(=O)c2ccc(OC)cc2)C[C@H]1c1ccc(F)cc1. The molecule has 3 rings (SSSR count). The number of hydrogen-bond acceptors (Lipinski definition) is 3. The largest absolute Gasteiger partial charge is 0.497 e. The Morgan fingerprint density at radius 2 is 1.79 bits per heavy atom. The fourth-order valence-corrected chi connectivity index (χ4v) is 3.72. The van der Waals surface area contributed by atoms with Crippen LogP contribution in [0.25, 0.3) is 0 Å². The third-order valence-electron chi connectivity index (χ3n) is 5.41. The number of hydrogen-bond donors (Lipinski definition) is 1. The molecule has 154 valence electrons. The molecule has 1 aliphatic heterocycles. The van der Waals surface area contributed by atoms with E-state index in [0.29, 0.717) is 30.9 Å². The first-order valence-electron chi connectivity index (χ1n) is 10.00. The predicted molar refractivity (Wildman–Crippen MR) is 109 cm³/mol. The van der Waals surface area contributed by atoms with Crippen LogP contribution in [0.5, 0.6) is 5.75 Å². The second-order valence-corrected chi connectivity index (χ2v) is 7.35. The standard InChI is InChI=1S/C23H27FN2O3/c1-3-4-13-25-22(27)21-15-26(14-20(21)16-5-9-18(24)10-6-16)23(28)17-7-11-19(29-2)12-8-17/h5-12,20-21H,3-4,13-15H2,1-2H3,(H,25,27)/t20-,21+/m0/s1. The van der Waals surface area contributed by atoms with Gasteiger partial charge in [0.05, 0.1) is 13.0 Å². The Hall–Kier alpha value is -2.89.